The van der Waals surface area contributed by atoms with Crippen LogP contribution in [0.2, 0.25) is 0 Å². The Hall–Kier alpha value is -0.450. The molecule has 1 fully saturated rings. The first kappa shape index (κ1) is 11.0. The van der Waals surface area contributed by atoms with Crippen molar-refractivity contribution in [3.63, 3.8) is 0 Å². The normalized spacial score (nSPS) is 26.3. The second kappa shape index (κ2) is 5.05. The number of hydrogen-bond donors (Lipinski definition) is 1. The third kappa shape index (κ3) is 3.00. The average molecular weight is 225 g/mol. The molecule has 0 saturated carbocycles. The maximum absolute atomic E-state index is 4.31. The van der Waals surface area contributed by atoms with Crippen LogP contribution < -0.4 is 5.32 Å². The number of nitrogens with zero attached hydrogens (tertiary/aromatic N) is 2. The van der Waals surface area contributed by atoms with Gasteiger partial charge < -0.3 is 10.2 Å². The molecular formula is C11H19N3S. The molecule has 1 saturated heterocycles. The van der Waals surface area contributed by atoms with Gasteiger partial charge in [-0.2, -0.15) is 0 Å². The Balaban J connectivity index is 1.79. The molecule has 3 nitrogen and oxygen atoms in total. The molecule has 0 radical (unpaired) electrons. The van der Waals surface area contributed by atoms with Crippen LogP contribution in [0.25, 0.3) is 0 Å². The summed E-state index contributed by atoms with van der Waals surface area (Å²) < 4.78 is 0. The molecule has 1 aliphatic heterocycles. The molecule has 1 N–H and O–H groups in total. The second-order valence-corrected chi connectivity index (χ2v) is 5.19. The first-order chi connectivity index (χ1) is 7.25. The van der Waals surface area contributed by atoms with Crippen molar-refractivity contribution in [3.8, 4) is 0 Å². The molecule has 1 aromatic rings. The monoisotopic (exact) mass is 225 g/mol. The van der Waals surface area contributed by atoms with Crippen LogP contribution >= 0.6 is 11.3 Å². The number of thiazole rings is 1. The molecule has 4 heteroatoms. The molecule has 0 aromatic carbocycles. The standard InChI is InChI=1S/C11H19N3S/c1-9-10(3-4-12-9)5-14(2)6-11-7-15-8-13-11/h7-10,12H,3-6H2,1-2H3. The summed E-state index contributed by atoms with van der Waals surface area (Å²) in [6.07, 6.45) is 1.31. The fraction of sp³-hybridized carbons (Fsp3) is 0.727. The van der Waals surface area contributed by atoms with Gasteiger partial charge in [0.15, 0.2) is 0 Å². The van der Waals surface area contributed by atoms with Crippen molar-refractivity contribution in [2.45, 2.75) is 25.9 Å². The summed E-state index contributed by atoms with van der Waals surface area (Å²) in [5.74, 6) is 0.800. The van der Waals surface area contributed by atoms with Crippen LogP contribution in [0.5, 0.6) is 0 Å². The summed E-state index contributed by atoms with van der Waals surface area (Å²) in [6.45, 7) is 5.61. The van der Waals surface area contributed by atoms with Crippen molar-refractivity contribution in [2.75, 3.05) is 20.1 Å². The summed E-state index contributed by atoms with van der Waals surface area (Å²) in [6, 6.07) is 0.669. The quantitative estimate of drug-likeness (QED) is 0.843. The van der Waals surface area contributed by atoms with Crippen LogP contribution in [0.3, 0.4) is 0 Å². The van der Waals surface area contributed by atoms with E-state index in [9.17, 15) is 0 Å². The first-order valence-electron chi connectivity index (χ1n) is 5.54. The Morgan fingerprint density at radius 3 is 3.13 bits per heavy atom. The van der Waals surface area contributed by atoms with E-state index in [0.29, 0.717) is 6.04 Å². The summed E-state index contributed by atoms with van der Waals surface area (Å²) in [5, 5.41) is 5.63. The van der Waals surface area contributed by atoms with E-state index in [0.717, 1.165) is 12.5 Å². The Morgan fingerprint density at radius 1 is 1.67 bits per heavy atom. The van der Waals surface area contributed by atoms with Crippen molar-refractivity contribution in [3.05, 3.63) is 16.6 Å². The Labute approximate surface area is 95.5 Å². The summed E-state index contributed by atoms with van der Waals surface area (Å²) in [7, 11) is 2.18. The fourth-order valence-electron chi connectivity index (χ4n) is 2.22. The predicted octanol–water partition coefficient (Wildman–Crippen LogP) is 1.57. The van der Waals surface area contributed by atoms with Gasteiger partial charge in [0, 0.05) is 24.5 Å². The van der Waals surface area contributed by atoms with Crippen molar-refractivity contribution < 1.29 is 0 Å². The zero-order chi connectivity index (χ0) is 10.7. The van der Waals surface area contributed by atoms with E-state index in [2.05, 4.69) is 34.6 Å². The predicted molar refractivity (Wildman–Crippen MR) is 64.0 cm³/mol. The maximum atomic E-state index is 4.31. The molecule has 1 aliphatic rings. The highest BCUT2D eigenvalue weighted by Gasteiger charge is 2.23. The molecule has 0 amide bonds. The van der Waals surface area contributed by atoms with Gasteiger partial charge in [-0.15, -0.1) is 11.3 Å². The van der Waals surface area contributed by atoms with Gasteiger partial charge >= 0.3 is 0 Å². The average Bonchev–Trinajstić information content (AvgIpc) is 2.79. The van der Waals surface area contributed by atoms with Crippen LogP contribution in [-0.2, 0) is 6.54 Å². The fourth-order valence-corrected chi connectivity index (χ4v) is 2.77. The largest absolute Gasteiger partial charge is 0.314 e. The number of aromatic nitrogens is 1. The third-order valence-corrected chi connectivity index (χ3v) is 3.79. The van der Waals surface area contributed by atoms with Crippen molar-refractivity contribution >= 4 is 11.3 Å². The maximum Gasteiger partial charge on any atom is 0.0795 e. The lowest BCUT2D eigenvalue weighted by Gasteiger charge is -2.22. The molecule has 0 bridgehead atoms. The number of rotatable bonds is 4. The molecule has 2 rings (SSSR count). The molecule has 2 heterocycles. The molecule has 84 valence electrons. The number of hydrogen-bond acceptors (Lipinski definition) is 4. The SMILES string of the molecule is CC1NCCC1CN(C)Cc1cscn1. The van der Waals surface area contributed by atoms with Crippen LogP contribution in [0.4, 0.5) is 0 Å². The molecule has 1 aromatic heterocycles. The van der Waals surface area contributed by atoms with Crippen molar-refractivity contribution in [1.82, 2.24) is 15.2 Å². The summed E-state index contributed by atoms with van der Waals surface area (Å²) >= 11 is 1.67. The van der Waals surface area contributed by atoms with E-state index in [1.54, 1.807) is 11.3 Å². The van der Waals surface area contributed by atoms with E-state index in [1.165, 1.54) is 25.2 Å². The zero-order valence-corrected chi connectivity index (χ0v) is 10.3. The Kier molecular flexibility index (Phi) is 3.72. The van der Waals surface area contributed by atoms with E-state index >= 15 is 0 Å². The number of nitrogens with one attached hydrogen (secondary N) is 1. The molecule has 0 aliphatic carbocycles. The van der Waals surface area contributed by atoms with E-state index in [1.807, 2.05) is 5.51 Å². The Bertz CT molecular complexity index is 286. The molecule has 2 atom stereocenters. The van der Waals surface area contributed by atoms with Gasteiger partial charge in [0.1, 0.15) is 0 Å². The van der Waals surface area contributed by atoms with E-state index < -0.39 is 0 Å². The minimum atomic E-state index is 0.669. The summed E-state index contributed by atoms with van der Waals surface area (Å²) in [4.78, 5) is 6.69. The molecule has 15 heavy (non-hydrogen) atoms. The summed E-state index contributed by atoms with van der Waals surface area (Å²) in [5.41, 5.74) is 3.10. The lowest BCUT2D eigenvalue weighted by atomic mass is 10.0. The smallest absolute Gasteiger partial charge is 0.0795 e. The lowest BCUT2D eigenvalue weighted by molar-refractivity contribution is 0.257. The van der Waals surface area contributed by atoms with Gasteiger partial charge in [0.05, 0.1) is 11.2 Å². The van der Waals surface area contributed by atoms with Crippen LogP contribution in [0.15, 0.2) is 10.9 Å². The first-order valence-corrected chi connectivity index (χ1v) is 6.49. The third-order valence-electron chi connectivity index (χ3n) is 3.15. The zero-order valence-electron chi connectivity index (χ0n) is 9.44. The second-order valence-electron chi connectivity index (χ2n) is 4.47. The van der Waals surface area contributed by atoms with Crippen LogP contribution in [0.1, 0.15) is 19.0 Å². The highest BCUT2D eigenvalue weighted by Crippen LogP contribution is 2.16. The minimum absolute atomic E-state index is 0.669. The topological polar surface area (TPSA) is 28.2 Å². The minimum Gasteiger partial charge on any atom is -0.314 e. The highest BCUT2D eigenvalue weighted by atomic mass is 32.1. The highest BCUT2D eigenvalue weighted by molar-refractivity contribution is 7.07. The van der Waals surface area contributed by atoms with Gasteiger partial charge in [0.25, 0.3) is 0 Å². The molecule has 0 spiro atoms. The van der Waals surface area contributed by atoms with E-state index in [4.69, 9.17) is 0 Å². The molecule has 2 unspecified atom stereocenters. The van der Waals surface area contributed by atoms with Gasteiger partial charge in [0.2, 0.25) is 0 Å². The van der Waals surface area contributed by atoms with Gasteiger partial charge in [-0.05, 0) is 32.9 Å². The van der Waals surface area contributed by atoms with Gasteiger partial charge in [-0.25, -0.2) is 4.98 Å². The van der Waals surface area contributed by atoms with Gasteiger partial charge in [-0.3, -0.25) is 0 Å². The van der Waals surface area contributed by atoms with Crippen molar-refractivity contribution in [1.29, 1.82) is 0 Å². The lowest BCUT2D eigenvalue weighted by Crippen LogP contribution is -2.32. The molecular weight excluding hydrogens is 206 g/mol. The van der Waals surface area contributed by atoms with E-state index in [-0.39, 0.29) is 0 Å². The van der Waals surface area contributed by atoms with Crippen molar-refractivity contribution in [2.24, 2.45) is 5.92 Å². The van der Waals surface area contributed by atoms with Crippen LogP contribution in [0, 0.1) is 5.92 Å². The van der Waals surface area contributed by atoms with Crippen LogP contribution in [-0.4, -0.2) is 36.1 Å². The van der Waals surface area contributed by atoms with Gasteiger partial charge in [-0.1, -0.05) is 0 Å². The Morgan fingerprint density at radius 2 is 2.53 bits per heavy atom.